The van der Waals surface area contributed by atoms with Gasteiger partial charge in [-0.2, -0.15) is 0 Å². The first-order valence-electron chi connectivity index (χ1n) is 6.35. The van der Waals surface area contributed by atoms with E-state index >= 15 is 0 Å². The Bertz CT molecular complexity index is 365. The minimum atomic E-state index is 0.335. The second-order valence-corrected chi connectivity index (χ2v) is 5.07. The number of aromatic nitrogens is 2. The van der Waals surface area contributed by atoms with Gasteiger partial charge in [-0.05, 0) is 25.8 Å². The highest BCUT2D eigenvalue weighted by Crippen LogP contribution is 2.18. The summed E-state index contributed by atoms with van der Waals surface area (Å²) in [6.07, 6.45) is 7.78. The molecule has 1 aromatic rings. The van der Waals surface area contributed by atoms with Crippen molar-refractivity contribution in [1.82, 2.24) is 14.9 Å². The zero-order chi connectivity index (χ0) is 11.0. The maximum atomic E-state index is 5.97. The van der Waals surface area contributed by atoms with Crippen molar-refractivity contribution in [2.45, 2.75) is 50.7 Å². The molecule has 3 N–H and O–H groups in total. The third-order valence-electron chi connectivity index (χ3n) is 3.81. The average Bonchev–Trinajstić information content (AvgIpc) is 2.89. The third kappa shape index (κ3) is 1.87. The summed E-state index contributed by atoms with van der Waals surface area (Å²) in [6.45, 7) is 2.22. The van der Waals surface area contributed by atoms with Crippen molar-refractivity contribution < 1.29 is 0 Å². The predicted molar refractivity (Wildman–Crippen MR) is 63.3 cm³/mol. The minimum absolute atomic E-state index is 0.335. The van der Waals surface area contributed by atoms with Crippen LogP contribution in [-0.2, 0) is 19.4 Å². The van der Waals surface area contributed by atoms with Crippen LogP contribution in [-0.4, -0.2) is 28.2 Å². The lowest BCUT2D eigenvalue weighted by Gasteiger charge is -2.22. The van der Waals surface area contributed by atoms with Crippen LogP contribution < -0.4 is 11.1 Å². The summed E-state index contributed by atoms with van der Waals surface area (Å²) in [5, 5.41) is 3.53. The van der Waals surface area contributed by atoms with Gasteiger partial charge in [0.2, 0.25) is 0 Å². The van der Waals surface area contributed by atoms with E-state index in [0.29, 0.717) is 12.1 Å². The summed E-state index contributed by atoms with van der Waals surface area (Å²) in [7, 11) is 0. The van der Waals surface area contributed by atoms with Gasteiger partial charge in [0.05, 0.1) is 0 Å². The van der Waals surface area contributed by atoms with Gasteiger partial charge in [0, 0.05) is 43.4 Å². The quantitative estimate of drug-likeness (QED) is 0.761. The van der Waals surface area contributed by atoms with Gasteiger partial charge < -0.3 is 15.6 Å². The van der Waals surface area contributed by atoms with Gasteiger partial charge in [0.15, 0.2) is 0 Å². The van der Waals surface area contributed by atoms with Gasteiger partial charge in [-0.1, -0.05) is 0 Å². The molecule has 4 nitrogen and oxygen atoms in total. The van der Waals surface area contributed by atoms with Crippen LogP contribution in [0.3, 0.4) is 0 Å². The number of hydrogen-bond acceptors (Lipinski definition) is 3. The van der Waals surface area contributed by atoms with Crippen molar-refractivity contribution in [2.24, 2.45) is 5.73 Å². The fraction of sp³-hybridized carbons (Fsp3) is 0.750. The molecular weight excluding hydrogens is 200 g/mol. The Morgan fingerprint density at radius 2 is 2.44 bits per heavy atom. The highest BCUT2D eigenvalue weighted by atomic mass is 15.1. The minimum Gasteiger partial charge on any atom is -0.332 e. The summed E-state index contributed by atoms with van der Waals surface area (Å²) in [6, 6.07) is 0.976. The molecule has 0 amide bonds. The number of fused-ring (bicyclic) bond motifs is 1. The molecule has 16 heavy (non-hydrogen) atoms. The lowest BCUT2D eigenvalue weighted by Crippen LogP contribution is -2.32. The maximum absolute atomic E-state index is 5.97. The summed E-state index contributed by atoms with van der Waals surface area (Å²) in [5.41, 5.74) is 7.29. The molecule has 0 aromatic carbocycles. The molecule has 4 heteroatoms. The first kappa shape index (κ1) is 10.3. The van der Waals surface area contributed by atoms with Gasteiger partial charge >= 0.3 is 0 Å². The molecule has 1 saturated heterocycles. The highest BCUT2D eigenvalue weighted by molar-refractivity contribution is 5.11. The third-order valence-corrected chi connectivity index (χ3v) is 3.81. The normalized spacial score (nSPS) is 29.3. The van der Waals surface area contributed by atoms with Gasteiger partial charge in [-0.25, -0.2) is 4.98 Å². The zero-order valence-electron chi connectivity index (χ0n) is 9.65. The Balaban J connectivity index is 1.75. The lowest BCUT2D eigenvalue weighted by atomic mass is 10.1. The molecule has 0 saturated carbocycles. The molecular formula is C12H20N4. The van der Waals surface area contributed by atoms with Crippen LogP contribution in [0.4, 0.5) is 0 Å². The second-order valence-electron chi connectivity index (χ2n) is 5.07. The first-order chi connectivity index (χ1) is 7.83. The fourth-order valence-electron chi connectivity index (χ4n) is 2.87. The van der Waals surface area contributed by atoms with E-state index in [1.54, 1.807) is 0 Å². The fourth-order valence-corrected chi connectivity index (χ4v) is 2.87. The molecule has 2 aliphatic rings. The van der Waals surface area contributed by atoms with E-state index in [1.807, 2.05) is 6.20 Å². The van der Waals surface area contributed by atoms with Crippen molar-refractivity contribution in [3.63, 3.8) is 0 Å². The molecule has 2 aliphatic heterocycles. The Hall–Kier alpha value is -0.870. The first-order valence-corrected chi connectivity index (χ1v) is 6.35. The lowest BCUT2D eigenvalue weighted by molar-refractivity contribution is 0.451. The van der Waals surface area contributed by atoms with Crippen LogP contribution in [0.25, 0.3) is 0 Å². The molecule has 0 spiro atoms. The second kappa shape index (κ2) is 4.18. The van der Waals surface area contributed by atoms with Gasteiger partial charge in [-0.15, -0.1) is 0 Å². The molecule has 88 valence electrons. The molecule has 1 aromatic heterocycles. The van der Waals surface area contributed by atoms with Crippen molar-refractivity contribution in [2.75, 3.05) is 6.54 Å². The van der Waals surface area contributed by atoms with Gasteiger partial charge in [0.25, 0.3) is 0 Å². The predicted octanol–water partition coefficient (Wildman–Crippen LogP) is 0.451. The highest BCUT2D eigenvalue weighted by Gasteiger charge is 2.22. The van der Waals surface area contributed by atoms with Crippen molar-refractivity contribution >= 4 is 0 Å². The topological polar surface area (TPSA) is 55.9 Å². The largest absolute Gasteiger partial charge is 0.332 e. The smallest absolute Gasteiger partial charge is 0.110 e. The molecule has 2 atom stereocenters. The monoisotopic (exact) mass is 220 g/mol. The number of hydrogen-bond donors (Lipinski definition) is 2. The standard InChI is InChI=1S/C12H20N4/c13-9-3-5-16-11(6-9)8-15-12(16)7-10-2-1-4-14-10/h8-10,14H,1-7,13H2. The number of nitrogens with one attached hydrogen (secondary N) is 1. The number of nitrogens with two attached hydrogens (primary N) is 1. The average molecular weight is 220 g/mol. The van der Waals surface area contributed by atoms with E-state index in [1.165, 1.54) is 30.9 Å². The Labute approximate surface area is 96.2 Å². The maximum Gasteiger partial charge on any atom is 0.110 e. The van der Waals surface area contributed by atoms with Crippen molar-refractivity contribution in [3.8, 4) is 0 Å². The van der Waals surface area contributed by atoms with E-state index in [0.717, 1.165) is 25.8 Å². The summed E-state index contributed by atoms with van der Waals surface area (Å²) in [5.74, 6) is 1.25. The molecule has 0 aliphatic carbocycles. The van der Waals surface area contributed by atoms with Crippen molar-refractivity contribution in [3.05, 3.63) is 17.7 Å². The molecule has 3 heterocycles. The van der Waals surface area contributed by atoms with E-state index < -0.39 is 0 Å². The van der Waals surface area contributed by atoms with E-state index in [9.17, 15) is 0 Å². The van der Waals surface area contributed by atoms with E-state index in [2.05, 4.69) is 14.9 Å². The van der Waals surface area contributed by atoms with Gasteiger partial charge in [0.1, 0.15) is 5.82 Å². The number of rotatable bonds is 2. The number of nitrogens with zero attached hydrogens (tertiary/aromatic N) is 2. The Morgan fingerprint density at radius 1 is 1.50 bits per heavy atom. The number of imidazole rings is 1. The molecule has 2 unspecified atom stereocenters. The van der Waals surface area contributed by atoms with E-state index in [-0.39, 0.29) is 0 Å². The summed E-state index contributed by atoms with van der Waals surface area (Å²) in [4.78, 5) is 4.56. The Morgan fingerprint density at radius 3 is 3.25 bits per heavy atom. The SMILES string of the molecule is NC1CCn2c(cnc2CC2CCCN2)C1. The zero-order valence-corrected chi connectivity index (χ0v) is 9.65. The van der Waals surface area contributed by atoms with Crippen LogP contribution in [0, 0.1) is 0 Å². The summed E-state index contributed by atoms with van der Waals surface area (Å²) >= 11 is 0. The van der Waals surface area contributed by atoms with Crippen molar-refractivity contribution in [1.29, 1.82) is 0 Å². The van der Waals surface area contributed by atoms with Crippen LogP contribution in [0.1, 0.15) is 30.8 Å². The molecule has 1 fully saturated rings. The molecule has 0 radical (unpaired) electrons. The molecule has 0 bridgehead atoms. The van der Waals surface area contributed by atoms with Crippen LogP contribution in [0.5, 0.6) is 0 Å². The summed E-state index contributed by atoms with van der Waals surface area (Å²) < 4.78 is 2.38. The molecule has 3 rings (SSSR count). The van der Waals surface area contributed by atoms with Crippen LogP contribution in [0.15, 0.2) is 6.20 Å². The van der Waals surface area contributed by atoms with E-state index in [4.69, 9.17) is 5.73 Å². The van der Waals surface area contributed by atoms with Crippen LogP contribution in [0.2, 0.25) is 0 Å². The van der Waals surface area contributed by atoms with Gasteiger partial charge in [-0.3, -0.25) is 0 Å². The van der Waals surface area contributed by atoms with Crippen LogP contribution >= 0.6 is 0 Å². The Kier molecular flexibility index (Phi) is 2.69.